The number of halogens is 3. The van der Waals surface area contributed by atoms with Crippen LogP contribution < -0.4 is 5.73 Å². The van der Waals surface area contributed by atoms with E-state index in [-0.39, 0.29) is 6.04 Å². The van der Waals surface area contributed by atoms with E-state index in [9.17, 15) is 18.3 Å². The van der Waals surface area contributed by atoms with Gasteiger partial charge >= 0.3 is 6.18 Å². The van der Waals surface area contributed by atoms with Gasteiger partial charge in [0.1, 0.15) is 0 Å². The van der Waals surface area contributed by atoms with Crippen molar-refractivity contribution < 1.29 is 18.3 Å². The highest BCUT2D eigenvalue weighted by Crippen LogP contribution is 2.33. The molecule has 3 atom stereocenters. The number of rotatable bonds is 1. The Hall–Kier alpha value is -1.08. The van der Waals surface area contributed by atoms with Gasteiger partial charge in [0.2, 0.25) is 0 Å². The summed E-state index contributed by atoms with van der Waals surface area (Å²) in [6.45, 7) is 1.57. The molecule has 1 heterocycles. The third kappa shape index (κ3) is 2.30. The highest BCUT2D eigenvalue weighted by atomic mass is 19.4. The van der Waals surface area contributed by atoms with Crippen LogP contribution in [-0.4, -0.2) is 27.0 Å². The first-order chi connectivity index (χ1) is 7.79. The minimum absolute atomic E-state index is 0.254. The molecule has 1 aliphatic rings. The molecule has 0 spiro atoms. The highest BCUT2D eigenvalue weighted by molar-refractivity contribution is 5.13. The molecule has 1 aromatic heterocycles. The lowest BCUT2D eigenvalue weighted by molar-refractivity contribution is -0.141. The number of aliphatic hydroxyl groups excluding tert-OH is 1. The number of aryl methyl sites for hydroxylation is 1. The molecule has 0 amide bonds. The predicted molar refractivity (Wildman–Crippen MR) is 54.2 cm³/mol. The molecule has 1 saturated carbocycles. The third-order valence-corrected chi connectivity index (χ3v) is 3.11. The van der Waals surface area contributed by atoms with Gasteiger partial charge in [0.15, 0.2) is 5.69 Å². The Labute approximate surface area is 96.2 Å². The minimum Gasteiger partial charge on any atom is -0.391 e. The lowest BCUT2D eigenvalue weighted by Gasteiger charge is -2.12. The van der Waals surface area contributed by atoms with E-state index < -0.39 is 24.0 Å². The van der Waals surface area contributed by atoms with Gasteiger partial charge in [-0.2, -0.15) is 18.3 Å². The van der Waals surface area contributed by atoms with Crippen molar-refractivity contribution in [3.05, 3.63) is 17.5 Å². The van der Waals surface area contributed by atoms with Crippen molar-refractivity contribution in [2.75, 3.05) is 0 Å². The maximum atomic E-state index is 12.5. The Bertz CT molecular complexity index is 405. The molecule has 0 bridgehead atoms. The first-order valence-electron chi connectivity index (χ1n) is 5.36. The average Bonchev–Trinajstić information content (AvgIpc) is 2.71. The zero-order chi connectivity index (χ0) is 12.8. The van der Waals surface area contributed by atoms with Crippen molar-refractivity contribution in [2.45, 2.75) is 44.1 Å². The van der Waals surface area contributed by atoms with Crippen LogP contribution in [0.15, 0.2) is 6.07 Å². The molecule has 1 aliphatic carbocycles. The summed E-state index contributed by atoms with van der Waals surface area (Å²) in [6, 6.07) is 0.366. The minimum atomic E-state index is -4.44. The number of nitrogens with zero attached hydrogens (tertiary/aromatic N) is 2. The summed E-state index contributed by atoms with van der Waals surface area (Å²) in [5, 5.41) is 13.1. The van der Waals surface area contributed by atoms with Crippen LogP contribution in [0.4, 0.5) is 13.2 Å². The summed E-state index contributed by atoms with van der Waals surface area (Å²) >= 11 is 0. The molecule has 1 aromatic rings. The SMILES string of the molecule is Cc1cc(C(F)(F)F)nn1C1CC(N)C(O)C1. The Morgan fingerprint density at radius 2 is 2.12 bits per heavy atom. The first kappa shape index (κ1) is 12.4. The van der Waals surface area contributed by atoms with Crippen molar-refractivity contribution >= 4 is 0 Å². The van der Waals surface area contributed by atoms with E-state index in [4.69, 9.17) is 5.73 Å². The zero-order valence-electron chi connectivity index (χ0n) is 9.28. The molecule has 96 valence electrons. The summed E-state index contributed by atoms with van der Waals surface area (Å²) in [5.74, 6) is 0. The van der Waals surface area contributed by atoms with Crippen molar-refractivity contribution in [3.8, 4) is 0 Å². The second-order valence-electron chi connectivity index (χ2n) is 4.47. The number of alkyl halides is 3. The molecule has 2 rings (SSSR count). The van der Waals surface area contributed by atoms with E-state index in [1.54, 1.807) is 6.92 Å². The quantitative estimate of drug-likeness (QED) is 0.787. The number of hydrogen-bond donors (Lipinski definition) is 2. The van der Waals surface area contributed by atoms with Crippen LogP contribution in [0.2, 0.25) is 0 Å². The van der Waals surface area contributed by atoms with Gasteiger partial charge in [-0.1, -0.05) is 0 Å². The van der Waals surface area contributed by atoms with Crippen LogP contribution >= 0.6 is 0 Å². The van der Waals surface area contributed by atoms with E-state index in [0.29, 0.717) is 18.5 Å². The van der Waals surface area contributed by atoms with E-state index in [1.165, 1.54) is 4.68 Å². The maximum absolute atomic E-state index is 12.5. The Morgan fingerprint density at radius 3 is 2.53 bits per heavy atom. The summed E-state index contributed by atoms with van der Waals surface area (Å²) in [7, 11) is 0. The lowest BCUT2D eigenvalue weighted by atomic mass is 10.2. The van der Waals surface area contributed by atoms with Gasteiger partial charge < -0.3 is 10.8 Å². The van der Waals surface area contributed by atoms with Crippen LogP contribution in [0.1, 0.15) is 30.3 Å². The molecule has 3 unspecified atom stereocenters. The van der Waals surface area contributed by atoms with Gasteiger partial charge in [-0.15, -0.1) is 0 Å². The maximum Gasteiger partial charge on any atom is 0.435 e. The van der Waals surface area contributed by atoms with E-state index in [2.05, 4.69) is 5.10 Å². The fraction of sp³-hybridized carbons (Fsp3) is 0.700. The molecule has 7 heteroatoms. The molecule has 0 aliphatic heterocycles. The predicted octanol–water partition coefficient (Wildman–Crippen LogP) is 1.23. The summed E-state index contributed by atoms with van der Waals surface area (Å²) < 4.78 is 38.7. The molecular formula is C10H14F3N3O. The zero-order valence-corrected chi connectivity index (χ0v) is 9.28. The van der Waals surface area contributed by atoms with Gasteiger partial charge in [0.05, 0.1) is 12.1 Å². The van der Waals surface area contributed by atoms with Crippen LogP contribution in [0.5, 0.6) is 0 Å². The Morgan fingerprint density at radius 1 is 1.47 bits per heavy atom. The highest BCUT2D eigenvalue weighted by Gasteiger charge is 2.37. The van der Waals surface area contributed by atoms with Crippen LogP contribution in [0, 0.1) is 6.92 Å². The molecule has 0 aromatic carbocycles. The van der Waals surface area contributed by atoms with Crippen molar-refractivity contribution in [1.29, 1.82) is 0 Å². The summed E-state index contributed by atoms with van der Waals surface area (Å²) in [5.41, 5.74) is 5.17. The van der Waals surface area contributed by atoms with Crippen LogP contribution in [0.3, 0.4) is 0 Å². The lowest BCUT2D eigenvalue weighted by Crippen LogP contribution is -2.28. The number of hydrogen-bond acceptors (Lipinski definition) is 3. The molecule has 0 radical (unpaired) electrons. The fourth-order valence-corrected chi connectivity index (χ4v) is 2.22. The summed E-state index contributed by atoms with van der Waals surface area (Å²) in [6.07, 6.45) is -4.31. The molecule has 4 nitrogen and oxygen atoms in total. The number of aromatic nitrogens is 2. The van der Waals surface area contributed by atoms with Gasteiger partial charge in [-0.25, -0.2) is 0 Å². The Balaban J connectivity index is 2.26. The molecular weight excluding hydrogens is 235 g/mol. The molecule has 17 heavy (non-hydrogen) atoms. The average molecular weight is 249 g/mol. The second kappa shape index (κ2) is 3.99. The number of nitrogens with two attached hydrogens (primary N) is 1. The second-order valence-corrected chi connectivity index (χ2v) is 4.47. The third-order valence-electron chi connectivity index (χ3n) is 3.11. The van der Waals surface area contributed by atoms with Crippen molar-refractivity contribution in [1.82, 2.24) is 9.78 Å². The summed E-state index contributed by atoms with van der Waals surface area (Å²) in [4.78, 5) is 0. The number of aliphatic hydroxyl groups is 1. The van der Waals surface area contributed by atoms with Crippen molar-refractivity contribution in [3.63, 3.8) is 0 Å². The smallest absolute Gasteiger partial charge is 0.391 e. The van der Waals surface area contributed by atoms with Crippen LogP contribution in [0.25, 0.3) is 0 Å². The van der Waals surface area contributed by atoms with E-state index in [1.807, 2.05) is 0 Å². The normalized spacial score (nSPS) is 29.9. The van der Waals surface area contributed by atoms with Gasteiger partial charge in [0.25, 0.3) is 0 Å². The topological polar surface area (TPSA) is 64.1 Å². The van der Waals surface area contributed by atoms with Crippen molar-refractivity contribution in [2.24, 2.45) is 5.73 Å². The van der Waals surface area contributed by atoms with Gasteiger partial charge in [-0.3, -0.25) is 4.68 Å². The monoisotopic (exact) mass is 249 g/mol. The fourth-order valence-electron chi connectivity index (χ4n) is 2.22. The molecule has 0 saturated heterocycles. The van der Waals surface area contributed by atoms with E-state index >= 15 is 0 Å². The molecule has 3 N–H and O–H groups in total. The first-order valence-corrected chi connectivity index (χ1v) is 5.36. The van der Waals surface area contributed by atoms with E-state index in [0.717, 1.165) is 6.07 Å². The largest absolute Gasteiger partial charge is 0.435 e. The van der Waals surface area contributed by atoms with Gasteiger partial charge in [-0.05, 0) is 25.8 Å². The molecule has 1 fully saturated rings. The van der Waals surface area contributed by atoms with Crippen LogP contribution in [-0.2, 0) is 6.18 Å². The van der Waals surface area contributed by atoms with Gasteiger partial charge in [0, 0.05) is 11.7 Å². The Kier molecular flexibility index (Phi) is 2.90. The standard InChI is InChI=1S/C10H14F3N3O/c1-5-2-9(10(11,12)13)15-16(5)6-3-7(14)8(17)4-6/h2,6-8,17H,3-4,14H2,1H3.